The van der Waals surface area contributed by atoms with Crippen molar-refractivity contribution in [3.63, 3.8) is 0 Å². The molecule has 40 heavy (non-hydrogen) atoms. The highest BCUT2D eigenvalue weighted by atomic mass is 32.2. The topological polar surface area (TPSA) is 163 Å². The molecule has 0 aliphatic carbocycles. The molecule has 1 aromatic carbocycles. The zero-order valence-electron chi connectivity index (χ0n) is 21.9. The molecule has 12 nitrogen and oxygen atoms in total. The van der Waals surface area contributed by atoms with Crippen molar-refractivity contribution >= 4 is 46.8 Å². The first kappa shape index (κ1) is 28.1. The molecule has 5 rings (SSSR count). The molecule has 2 saturated heterocycles. The van der Waals surface area contributed by atoms with Gasteiger partial charge in [-0.15, -0.1) is 23.1 Å². The Morgan fingerprint density at radius 3 is 2.60 bits per heavy atom. The third-order valence-corrected chi connectivity index (χ3v) is 9.88. The highest BCUT2D eigenvalue weighted by Crippen LogP contribution is 2.53. The van der Waals surface area contributed by atoms with Gasteiger partial charge in [-0.2, -0.15) is 0 Å². The number of amides is 2. The van der Waals surface area contributed by atoms with Gasteiger partial charge in [-0.25, -0.2) is 14.6 Å². The average molecular weight is 589 g/mol. The summed E-state index contributed by atoms with van der Waals surface area (Å²) in [5, 5.41) is 33.5. The maximum atomic E-state index is 13.3. The molecule has 4 heterocycles. The number of carboxylic acids is 1. The number of aromatic nitrogens is 1. The zero-order valence-corrected chi connectivity index (χ0v) is 23.6. The number of β-lactam (4-membered cyclic amide) rings is 1. The fourth-order valence-electron chi connectivity index (χ4n) is 5.70. The molecule has 1 aromatic heterocycles. The lowest BCUT2D eigenvalue weighted by Crippen LogP contribution is -2.63. The Hall–Kier alpha value is -3.49. The van der Waals surface area contributed by atoms with Crippen LogP contribution in [0.1, 0.15) is 42.6 Å². The summed E-state index contributed by atoms with van der Waals surface area (Å²) in [5.41, 5.74) is 1.21. The van der Waals surface area contributed by atoms with E-state index in [2.05, 4.69) is 4.98 Å². The molecule has 0 spiro atoms. The van der Waals surface area contributed by atoms with E-state index in [1.807, 2.05) is 19.2 Å². The first-order valence-corrected chi connectivity index (χ1v) is 14.5. The molecule has 0 saturated carbocycles. The van der Waals surface area contributed by atoms with Crippen molar-refractivity contribution in [1.82, 2.24) is 14.8 Å². The summed E-state index contributed by atoms with van der Waals surface area (Å²) in [6.07, 6.45) is -0.959. The third-order valence-electron chi connectivity index (χ3n) is 7.59. The number of aliphatic hydroxyl groups excluding tert-OH is 1. The summed E-state index contributed by atoms with van der Waals surface area (Å²) < 4.78 is 5.56. The number of ether oxygens (including phenoxy) is 1. The molecule has 0 unspecified atom stereocenters. The first-order chi connectivity index (χ1) is 19.0. The van der Waals surface area contributed by atoms with Gasteiger partial charge in [0.1, 0.15) is 12.3 Å². The fourth-order valence-corrected chi connectivity index (χ4v) is 7.88. The molecule has 2 aromatic rings. The van der Waals surface area contributed by atoms with E-state index in [4.69, 9.17) is 4.74 Å². The quantitative estimate of drug-likeness (QED) is 0.264. The number of thiazole rings is 1. The van der Waals surface area contributed by atoms with Crippen molar-refractivity contribution in [3.8, 4) is 0 Å². The standard InChI is InChI=1S/C26H28N4O8S2/c1-12-21-20(13(2)31)24(32)29(21)22(25(33)34)23(12)40-17-8-19(18-11-39-14(3)27-18)28(9-17)26(35)38-10-15-4-6-16(7-5-15)30(36)37/h4-7,11-13,17,19-21,31H,8-10H2,1-3H3,(H,33,34)/t12-,13-,17+,19+,20-,21-/m1/s1. The first-order valence-electron chi connectivity index (χ1n) is 12.7. The zero-order chi connectivity index (χ0) is 28.9. The molecule has 3 aliphatic heterocycles. The van der Waals surface area contributed by atoms with Gasteiger partial charge in [0.05, 0.1) is 39.7 Å². The van der Waals surface area contributed by atoms with E-state index in [-0.39, 0.29) is 41.7 Å². The minimum absolute atomic E-state index is 0.0512. The van der Waals surface area contributed by atoms with Gasteiger partial charge in [0.25, 0.3) is 5.69 Å². The number of aryl methyl sites for hydroxylation is 1. The maximum Gasteiger partial charge on any atom is 0.410 e. The Balaban J connectivity index is 1.34. The van der Waals surface area contributed by atoms with E-state index in [1.165, 1.54) is 59.2 Å². The van der Waals surface area contributed by atoms with Crippen molar-refractivity contribution in [2.75, 3.05) is 6.54 Å². The lowest BCUT2D eigenvalue weighted by Gasteiger charge is -2.46. The summed E-state index contributed by atoms with van der Waals surface area (Å²) in [5.74, 6) is -2.52. The molecule has 3 aliphatic rings. The minimum Gasteiger partial charge on any atom is -0.477 e. The molecule has 2 N–H and O–H groups in total. The van der Waals surface area contributed by atoms with Gasteiger partial charge in [-0.1, -0.05) is 6.92 Å². The summed E-state index contributed by atoms with van der Waals surface area (Å²) >= 11 is 2.82. The number of fused-ring (bicyclic) bond motifs is 1. The Bertz CT molecular complexity index is 1390. The monoisotopic (exact) mass is 588 g/mol. The number of nitrogens with zero attached hydrogens (tertiary/aromatic N) is 4. The summed E-state index contributed by atoms with van der Waals surface area (Å²) in [4.78, 5) is 56.6. The van der Waals surface area contributed by atoms with Crippen molar-refractivity contribution < 1.29 is 34.3 Å². The van der Waals surface area contributed by atoms with Crippen molar-refractivity contribution in [1.29, 1.82) is 0 Å². The molecule has 2 amide bonds. The van der Waals surface area contributed by atoms with Crippen LogP contribution >= 0.6 is 23.1 Å². The van der Waals surface area contributed by atoms with E-state index < -0.39 is 41.0 Å². The van der Waals surface area contributed by atoms with Gasteiger partial charge in [0, 0.05) is 40.1 Å². The lowest BCUT2D eigenvalue weighted by molar-refractivity contribution is -0.384. The Morgan fingerprint density at radius 2 is 2.02 bits per heavy atom. The van der Waals surface area contributed by atoms with Crippen LogP contribution in [0.4, 0.5) is 10.5 Å². The Labute approximate surface area is 237 Å². The Kier molecular flexibility index (Phi) is 7.59. The maximum absolute atomic E-state index is 13.3. The van der Waals surface area contributed by atoms with Crippen molar-refractivity contribution in [3.05, 3.63) is 66.6 Å². The molecular formula is C26H28N4O8S2. The number of likely N-dealkylation sites (tertiary alicyclic amines) is 1. The number of hydrogen-bond acceptors (Lipinski definition) is 10. The van der Waals surface area contributed by atoms with E-state index in [9.17, 15) is 34.7 Å². The second-order valence-corrected chi connectivity index (χ2v) is 12.6. The van der Waals surface area contributed by atoms with Crippen LogP contribution in [0, 0.1) is 28.9 Å². The number of nitro benzene ring substituents is 1. The minimum atomic E-state index is -1.20. The molecule has 0 radical (unpaired) electrons. The molecule has 14 heteroatoms. The summed E-state index contributed by atoms with van der Waals surface area (Å²) in [6, 6.07) is 4.95. The van der Waals surface area contributed by atoms with Gasteiger partial charge in [-0.05, 0) is 38.0 Å². The molecule has 6 atom stereocenters. The summed E-state index contributed by atoms with van der Waals surface area (Å²) in [7, 11) is 0. The molecule has 2 fully saturated rings. The highest BCUT2D eigenvalue weighted by Gasteiger charge is 2.60. The van der Waals surface area contributed by atoms with Crippen molar-refractivity contribution in [2.24, 2.45) is 11.8 Å². The van der Waals surface area contributed by atoms with Crippen LogP contribution in [0.3, 0.4) is 0 Å². The van der Waals surface area contributed by atoms with E-state index in [0.717, 1.165) is 10.7 Å². The SMILES string of the molecule is Cc1nc([C@@H]2C[C@H](SC3=C(C(=O)O)N4C(=O)[C@H]([C@@H](C)O)[C@H]4[C@H]3C)CN2C(=O)OCc2ccc([N+](=O)[O-])cc2)cs1. The Morgan fingerprint density at radius 1 is 1.32 bits per heavy atom. The molecular weight excluding hydrogens is 560 g/mol. The number of aliphatic hydroxyl groups is 1. The van der Waals surface area contributed by atoms with Crippen LogP contribution in [0.25, 0.3) is 0 Å². The van der Waals surface area contributed by atoms with E-state index in [1.54, 1.807) is 4.90 Å². The van der Waals surface area contributed by atoms with Crippen LogP contribution in [0.5, 0.6) is 0 Å². The summed E-state index contributed by atoms with van der Waals surface area (Å²) in [6.45, 7) is 5.47. The highest BCUT2D eigenvalue weighted by molar-refractivity contribution is 8.03. The number of rotatable bonds is 8. The van der Waals surface area contributed by atoms with Crippen LogP contribution in [-0.4, -0.2) is 71.8 Å². The van der Waals surface area contributed by atoms with Gasteiger partial charge >= 0.3 is 12.1 Å². The van der Waals surface area contributed by atoms with E-state index in [0.29, 0.717) is 16.9 Å². The van der Waals surface area contributed by atoms with Crippen LogP contribution in [0.2, 0.25) is 0 Å². The number of carbonyl (C=O) groups excluding carboxylic acids is 2. The average Bonchev–Trinajstić information content (AvgIpc) is 3.58. The third kappa shape index (κ3) is 4.95. The van der Waals surface area contributed by atoms with Crippen LogP contribution in [0.15, 0.2) is 40.2 Å². The van der Waals surface area contributed by atoms with Crippen LogP contribution < -0.4 is 0 Å². The molecule has 0 bridgehead atoms. The van der Waals surface area contributed by atoms with Gasteiger partial charge in [0.15, 0.2) is 0 Å². The predicted octanol–water partition coefficient (Wildman–Crippen LogP) is 3.70. The number of benzene rings is 1. The largest absolute Gasteiger partial charge is 0.477 e. The number of carbonyl (C=O) groups is 3. The smallest absolute Gasteiger partial charge is 0.410 e. The normalized spacial score (nSPS) is 26.5. The number of thioether (sulfide) groups is 1. The second kappa shape index (κ2) is 10.8. The molecule has 212 valence electrons. The number of nitro groups is 1. The number of aliphatic carboxylic acids is 1. The number of non-ortho nitro benzene ring substituents is 1. The predicted molar refractivity (Wildman–Crippen MR) is 145 cm³/mol. The fraction of sp³-hybridized carbons (Fsp3) is 0.462. The van der Waals surface area contributed by atoms with Gasteiger partial charge in [-0.3, -0.25) is 19.8 Å². The van der Waals surface area contributed by atoms with Crippen molar-refractivity contribution in [2.45, 2.75) is 57.2 Å². The van der Waals surface area contributed by atoms with E-state index >= 15 is 0 Å². The number of hydrogen-bond donors (Lipinski definition) is 2. The lowest BCUT2D eigenvalue weighted by atomic mass is 9.79. The van der Waals surface area contributed by atoms with Gasteiger partial charge < -0.3 is 19.8 Å². The van der Waals surface area contributed by atoms with Gasteiger partial charge in [0.2, 0.25) is 5.91 Å². The van der Waals surface area contributed by atoms with Crippen LogP contribution in [-0.2, 0) is 20.9 Å². The number of carboxylic acid groups (broad SMARTS) is 1. The second-order valence-electron chi connectivity index (χ2n) is 10.2.